The van der Waals surface area contributed by atoms with Gasteiger partial charge in [0.25, 0.3) is 0 Å². The molecule has 132 valence electrons. The van der Waals surface area contributed by atoms with Crippen molar-refractivity contribution >= 4 is 12.1 Å². The quantitative estimate of drug-likeness (QED) is 0.785. The van der Waals surface area contributed by atoms with Gasteiger partial charge in [0.05, 0.1) is 13.2 Å². The molecule has 0 aromatic heterocycles. The maximum Gasteiger partial charge on any atom is 0.410 e. The zero-order valence-electron chi connectivity index (χ0n) is 15.0. The molecule has 1 aromatic carbocycles. The van der Waals surface area contributed by atoms with Crippen molar-refractivity contribution in [1.29, 1.82) is 0 Å². The summed E-state index contributed by atoms with van der Waals surface area (Å²) in [6, 6.07) is 8.18. The van der Waals surface area contributed by atoms with Gasteiger partial charge in [-0.1, -0.05) is 24.3 Å². The third kappa shape index (κ3) is 4.98. The van der Waals surface area contributed by atoms with E-state index in [1.807, 2.05) is 49.9 Å². The zero-order chi connectivity index (χ0) is 17.7. The predicted octanol–water partition coefficient (Wildman–Crippen LogP) is 3.86. The third-order valence-electron chi connectivity index (χ3n) is 4.09. The molecule has 1 atom stereocenters. The molecule has 0 aliphatic carbocycles. The van der Waals surface area contributed by atoms with E-state index < -0.39 is 5.60 Å². The molecule has 0 bridgehead atoms. The van der Waals surface area contributed by atoms with Crippen LogP contribution in [-0.2, 0) is 20.7 Å². The molecule has 1 aliphatic heterocycles. The number of amides is 1. The molecule has 0 spiro atoms. The Kier molecular flexibility index (Phi) is 5.86. The van der Waals surface area contributed by atoms with E-state index in [9.17, 15) is 9.59 Å². The molecule has 1 aromatic rings. The van der Waals surface area contributed by atoms with Crippen molar-refractivity contribution in [2.75, 3.05) is 13.7 Å². The maximum absolute atomic E-state index is 12.4. The average Bonchev–Trinajstić information content (AvgIpc) is 3.01. The van der Waals surface area contributed by atoms with Crippen LogP contribution in [-0.4, -0.2) is 36.2 Å². The molecule has 24 heavy (non-hydrogen) atoms. The van der Waals surface area contributed by atoms with Crippen LogP contribution in [0.3, 0.4) is 0 Å². The summed E-state index contributed by atoms with van der Waals surface area (Å²) in [5, 5.41) is 0. The zero-order valence-corrected chi connectivity index (χ0v) is 15.0. The lowest BCUT2D eigenvalue weighted by atomic mass is 10.0. The van der Waals surface area contributed by atoms with E-state index in [1.165, 1.54) is 7.11 Å². The largest absolute Gasteiger partial charge is 0.469 e. The van der Waals surface area contributed by atoms with Gasteiger partial charge in [-0.3, -0.25) is 4.79 Å². The Balaban J connectivity index is 2.02. The number of hydrogen-bond donors (Lipinski definition) is 0. The molecule has 1 aliphatic rings. The molecular formula is C19H27NO4. The Morgan fingerprint density at radius 3 is 2.46 bits per heavy atom. The monoisotopic (exact) mass is 333 g/mol. The van der Waals surface area contributed by atoms with Gasteiger partial charge in [-0.25, -0.2) is 4.79 Å². The second-order valence-corrected chi connectivity index (χ2v) is 7.15. The molecule has 0 saturated carbocycles. The highest BCUT2D eigenvalue weighted by Crippen LogP contribution is 2.33. The van der Waals surface area contributed by atoms with Gasteiger partial charge in [0.15, 0.2) is 0 Å². The number of esters is 1. The van der Waals surface area contributed by atoms with Crippen molar-refractivity contribution in [1.82, 2.24) is 4.90 Å². The van der Waals surface area contributed by atoms with Crippen LogP contribution in [0.2, 0.25) is 0 Å². The Morgan fingerprint density at radius 1 is 1.21 bits per heavy atom. The van der Waals surface area contributed by atoms with Crippen LogP contribution in [0.5, 0.6) is 0 Å². The number of hydrogen-bond acceptors (Lipinski definition) is 4. The number of carbonyl (C=O) groups is 2. The number of methoxy groups -OCH3 is 1. The van der Waals surface area contributed by atoms with Gasteiger partial charge >= 0.3 is 12.1 Å². The fourth-order valence-corrected chi connectivity index (χ4v) is 2.91. The predicted molar refractivity (Wildman–Crippen MR) is 91.7 cm³/mol. The minimum Gasteiger partial charge on any atom is -0.469 e. The Bertz CT molecular complexity index is 574. The van der Waals surface area contributed by atoms with E-state index in [0.717, 1.165) is 30.5 Å². The lowest BCUT2D eigenvalue weighted by Gasteiger charge is -2.29. The van der Waals surface area contributed by atoms with E-state index in [-0.39, 0.29) is 18.1 Å². The van der Waals surface area contributed by atoms with Gasteiger partial charge in [0.1, 0.15) is 5.60 Å². The van der Waals surface area contributed by atoms with Crippen LogP contribution in [0, 0.1) is 0 Å². The molecule has 5 heteroatoms. The summed E-state index contributed by atoms with van der Waals surface area (Å²) in [6.07, 6.45) is 2.71. The van der Waals surface area contributed by atoms with E-state index in [0.29, 0.717) is 12.8 Å². The number of ether oxygens (including phenoxy) is 2. The molecular weight excluding hydrogens is 306 g/mol. The summed E-state index contributed by atoms with van der Waals surface area (Å²) in [7, 11) is 1.40. The van der Waals surface area contributed by atoms with E-state index in [2.05, 4.69) is 4.74 Å². The van der Waals surface area contributed by atoms with Crippen molar-refractivity contribution in [2.45, 2.75) is 58.1 Å². The smallest absolute Gasteiger partial charge is 0.410 e. The molecule has 2 rings (SSSR count). The second-order valence-electron chi connectivity index (χ2n) is 7.15. The minimum atomic E-state index is -0.484. The van der Waals surface area contributed by atoms with Crippen LogP contribution >= 0.6 is 0 Å². The van der Waals surface area contributed by atoms with Crippen LogP contribution in [0.15, 0.2) is 24.3 Å². The van der Waals surface area contributed by atoms with Gasteiger partial charge in [-0.05, 0) is 51.2 Å². The SMILES string of the molecule is COC(=O)CCc1ccc([C@@H]2CCCN2C(=O)OC(C)(C)C)cc1. The second kappa shape index (κ2) is 7.69. The average molecular weight is 333 g/mol. The molecule has 0 radical (unpaired) electrons. The summed E-state index contributed by atoms with van der Waals surface area (Å²) in [5.74, 6) is -0.203. The van der Waals surface area contributed by atoms with Crippen molar-refractivity contribution in [3.05, 3.63) is 35.4 Å². The normalized spacial score (nSPS) is 17.7. The number of aryl methyl sites for hydroxylation is 1. The molecule has 1 fully saturated rings. The fourth-order valence-electron chi connectivity index (χ4n) is 2.91. The number of benzene rings is 1. The molecule has 5 nitrogen and oxygen atoms in total. The Morgan fingerprint density at radius 2 is 1.88 bits per heavy atom. The molecule has 0 unspecified atom stereocenters. The lowest BCUT2D eigenvalue weighted by molar-refractivity contribution is -0.140. The Labute approximate surface area is 143 Å². The molecule has 0 N–H and O–H groups in total. The summed E-state index contributed by atoms with van der Waals surface area (Å²) in [6.45, 7) is 6.37. The highest BCUT2D eigenvalue weighted by atomic mass is 16.6. The fraction of sp³-hybridized carbons (Fsp3) is 0.579. The first kappa shape index (κ1) is 18.3. The minimum absolute atomic E-state index is 0.0644. The van der Waals surface area contributed by atoms with E-state index in [4.69, 9.17) is 4.74 Å². The molecule has 1 amide bonds. The third-order valence-corrected chi connectivity index (χ3v) is 4.09. The highest BCUT2D eigenvalue weighted by Gasteiger charge is 2.32. The van der Waals surface area contributed by atoms with E-state index in [1.54, 1.807) is 0 Å². The van der Waals surface area contributed by atoms with Gasteiger partial charge in [-0.15, -0.1) is 0 Å². The van der Waals surface area contributed by atoms with Crippen molar-refractivity contribution in [3.63, 3.8) is 0 Å². The first-order valence-corrected chi connectivity index (χ1v) is 8.45. The van der Waals surface area contributed by atoms with Crippen molar-refractivity contribution in [2.24, 2.45) is 0 Å². The van der Waals surface area contributed by atoms with Crippen LogP contribution < -0.4 is 0 Å². The number of nitrogens with zero attached hydrogens (tertiary/aromatic N) is 1. The lowest BCUT2D eigenvalue weighted by Crippen LogP contribution is -2.36. The van der Waals surface area contributed by atoms with Crippen LogP contribution in [0.25, 0.3) is 0 Å². The van der Waals surface area contributed by atoms with Gasteiger partial charge in [0.2, 0.25) is 0 Å². The first-order chi connectivity index (χ1) is 11.3. The number of carbonyl (C=O) groups excluding carboxylic acids is 2. The maximum atomic E-state index is 12.4. The summed E-state index contributed by atoms with van der Waals surface area (Å²) in [4.78, 5) is 25.4. The number of rotatable bonds is 4. The topological polar surface area (TPSA) is 55.8 Å². The van der Waals surface area contributed by atoms with Crippen molar-refractivity contribution < 1.29 is 19.1 Å². The summed E-state index contributed by atoms with van der Waals surface area (Å²) in [5.41, 5.74) is 1.72. The summed E-state index contributed by atoms with van der Waals surface area (Å²) >= 11 is 0. The van der Waals surface area contributed by atoms with Crippen LogP contribution in [0.1, 0.15) is 57.2 Å². The molecule has 1 heterocycles. The summed E-state index contributed by atoms with van der Waals surface area (Å²) < 4.78 is 10.2. The number of likely N-dealkylation sites (tertiary alicyclic amines) is 1. The van der Waals surface area contributed by atoms with Gasteiger partial charge in [0, 0.05) is 13.0 Å². The standard InChI is InChI=1S/C19H27NO4/c1-19(2,3)24-18(22)20-13-5-6-16(20)15-10-7-14(8-11-15)9-12-17(21)23-4/h7-8,10-11,16H,5-6,9,12-13H2,1-4H3/t16-/m0/s1. The van der Waals surface area contributed by atoms with Gasteiger partial charge in [-0.2, -0.15) is 0 Å². The highest BCUT2D eigenvalue weighted by molar-refractivity contribution is 5.70. The Hall–Kier alpha value is -2.04. The molecule has 1 saturated heterocycles. The van der Waals surface area contributed by atoms with E-state index >= 15 is 0 Å². The van der Waals surface area contributed by atoms with Crippen molar-refractivity contribution in [3.8, 4) is 0 Å². The van der Waals surface area contributed by atoms with Gasteiger partial charge < -0.3 is 14.4 Å². The first-order valence-electron chi connectivity index (χ1n) is 8.45. The van der Waals surface area contributed by atoms with Crippen LogP contribution in [0.4, 0.5) is 4.79 Å².